The Morgan fingerprint density at radius 2 is 2.17 bits per heavy atom. The summed E-state index contributed by atoms with van der Waals surface area (Å²) in [7, 11) is 0. The van der Waals surface area contributed by atoms with Crippen molar-refractivity contribution in [3.8, 4) is 0 Å². The number of nitrogens with one attached hydrogen (secondary N) is 1. The highest BCUT2D eigenvalue weighted by Gasteiger charge is 2.13. The molecule has 2 aromatic rings. The van der Waals surface area contributed by atoms with Crippen LogP contribution in [0.2, 0.25) is 0 Å². The highest BCUT2D eigenvalue weighted by molar-refractivity contribution is 7.07. The fraction of sp³-hybridized carbons (Fsp3) is 0.500. The van der Waals surface area contributed by atoms with Crippen LogP contribution in [0.15, 0.2) is 23.0 Å². The van der Waals surface area contributed by atoms with Crippen LogP contribution in [0.1, 0.15) is 38.1 Å². The quantitative estimate of drug-likeness (QED) is 0.887. The van der Waals surface area contributed by atoms with Crippen molar-refractivity contribution in [2.45, 2.75) is 46.2 Å². The fourth-order valence-electron chi connectivity index (χ4n) is 2.07. The van der Waals surface area contributed by atoms with Crippen molar-refractivity contribution in [3.05, 3.63) is 34.3 Å². The molecule has 0 aromatic carbocycles. The maximum Gasteiger partial charge on any atom is 0.203 e. The summed E-state index contributed by atoms with van der Waals surface area (Å²) < 4.78 is 2.24. The first-order valence-corrected chi connectivity index (χ1v) is 7.33. The van der Waals surface area contributed by atoms with E-state index in [1.54, 1.807) is 11.3 Å². The molecule has 2 aromatic heterocycles. The van der Waals surface area contributed by atoms with Crippen molar-refractivity contribution in [2.24, 2.45) is 0 Å². The topological polar surface area (TPSA) is 29.9 Å². The zero-order chi connectivity index (χ0) is 13.1. The van der Waals surface area contributed by atoms with Crippen LogP contribution in [0.4, 0.5) is 5.95 Å². The number of hydrogen-bond donors (Lipinski definition) is 1. The highest BCUT2D eigenvalue weighted by Crippen LogP contribution is 2.21. The van der Waals surface area contributed by atoms with E-state index in [0.29, 0.717) is 12.1 Å². The lowest BCUT2D eigenvalue weighted by atomic mass is 10.1. The maximum absolute atomic E-state index is 4.56. The van der Waals surface area contributed by atoms with E-state index in [2.05, 4.69) is 58.7 Å². The average Bonchev–Trinajstić information content (AvgIpc) is 2.87. The predicted molar refractivity (Wildman–Crippen MR) is 78.5 cm³/mol. The molecule has 18 heavy (non-hydrogen) atoms. The molecule has 3 nitrogen and oxygen atoms in total. The van der Waals surface area contributed by atoms with E-state index in [-0.39, 0.29) is 0 Å². The van der Waals surface area contributed by atoms with Crippen LogP contribution in [0.3, 0.4) is 0 Å². The molecular weight excluding hydrogens is 242 g/mol. The Hall–Kier alpha value is -1.29. The van der Waals surface area contributed by atoms with Crippen molar-refractivity contribution in [1.29, 1.82) is 0 Å². The van der Waals surface area contributed by atoms with E-state index >= 15 is 0 Å². The molecule has 0 aliphatic heterocycles. The second-order valence-corrected chi connectivity index (χ2v) is 5.88. The fourth-order valence-corrected chi connectivity index (χ4v) is 2.75. The van der Waals surface area contributed by atoms with Crippen molar-refractivity contribution >= 4 is 17.3 Å². The van der Waals surface area contributed by atoms with Crippen LogP contribution in [-0.4, -0.2) is 15.6 Å². The van der Waals surface area contributed by atoms with Gasteiger partial charge in [0.15, 0.2) is 0 Å². The molecule has 1 unspecified atom stereocenters. The third kappa shape index (κ3) is 3.13. The standard InChI is InChI=1S/C14H21N3S/c1-10(2)15-14-16-11(3)8-17(14)12(4)7-13-5-6-18-9-13/h5-6,8-10,12H,7H2,1-4H3,(H,15,16). The molecule has 1 atom stereocenters. The molecule has 2 heterocycles. The molecule has 2 rings (SSSR count). The normalized spacial score (nSPS) is 12.9. The zero-order valence-electron chi connectivity index (χ0n) is 11.5. The lowest BCUT2D eigenvalue weighted by molar-refractivity contribution is 0.547. The molecule has 0 aliphatic carbocycles. The molecule has 1 N–H and O–H groups in total. The van der Waals surface area contributed by atoms with Gasteiger partial charge in [-0.2, -0.15) is 11.3 Å². The predicted octanol–water partition coefficient (Wildman–Crippen LogP) is 3.88. The van der Waals surface area contributed by atoms with Crippen LogP contribution < -0.4 is 5.32 Å². The number of thiophene rings is 1. The Balaban J connectivity index is 2.16. The number of aromatic nitrogens is 2. The number of rotatable bonds is 5. The van der Waals surface area contributed by atoms with E-state index in [4.69, 9.17) is 0 Å². The van der Waals surface area contributed by atoms with Gasteiger partial charge in [0.25, 0.3) is 0 Å². The average molecular weight is 263 g/mol. The summed E-state index contributed by atoms with van der Waals surface area (Å²) in [5.74, 6) is 0.977. The third-order valence-electron chi connectivity index (χ3n) is 2.86. The van der Waals surface area contributed by atoms with Gasteiger partial charge in [-0.3, -0.25) is 0 Å². The van der Waals surface area contributed by atoms with Crippen LogP contribution in [-0.2, 0) is 6.42 Å². The van der Waals surface area contributed by atoms with Gasteiger partial charge in [-0.25, -0.2) is 4.98 Å². The minimum Gasteiger partial charge on any atom is -0.353 e. The van der Waals surface area contributed by atoms with Crippen molar-refractivity contribution in [2.75, 3.05) is 5.32 Å². The summed E-state index contributed by atoms with van der Waals surface area (Å²) in [6.45, 7) is 8.55. The summed E-state index contributed by atoms with van der Waals surface area (Å²) in [5.41, 5.74) is 2.46. The summed E-state index contributed by atoms with van der Waals surface area (Å²) >= 11 is 1.76. The Morgan fingerprint density at radius 1 is 1.39 bits per heavy atom. The van der Waals surface area contributed by atoms with Crippen LogP contribution in [0.5, 0.6) is 0 Å². The Kier molecular flexibility index (Phi) is 4.07. The SMILES string of the molecule is Cc1cn(C(C)Cc2ccsc2)c(NC(C)C)n1. The Bertz CT molecular complexity index is 485. The van der Waals surface area contributed by atoms with Gasteiger partial charge < -0.3 is 9.88 Å². The molecule has 0 saturated carbocycles. The van der Waals surface area contributed by atoms with E-state index in [1.807, 2.05) is 6.92 Å². The second kappa shape index (κ2) is 5.57. The first-order valence-electron chi connectivity index (χ1n) is 6.39. The molecule has 0 saturated heterocycles. The monoisotopic (exact) mass is 263 g/mol. The van der Waals surface area contributed by atoms with Gasteiger partial charge in [0.05, 0.1) is 5.69 Å². The highest BCUT2D eigenvalue weighted by atomic mass is 32.1. The maximum atomic E-state index is 4.56. The van der Waals surface area contributed by atoms with Gasteiger partial charge in [-0.05, 0) is 56.5 Å². The number of nitrogens with zero attached hydrogens (tertiary/aromatic N) is 2. The molecule has 0 fully saturated rings. The van der Waals surface area contributed by atoms with Crippen LogP contribution >= 0.6 is 11.3 Å². The Labute approximate surface area is 113 Å². The lowest BCUT2D eigenvalue weighted by Crippen LogP contribution is -2.17. The van der Waals surface area contributed by atoms with Gasteiger partial charge >= 0.3 is 0 Å². The number of aryl methyl sites for hydroxylation is 1. The smallest absolute Gasteiger partial charge is 0.203 e. The van der Waals surface area contributed by atoms with Crippen molar-refractivity contribution in [1.82, 2.24) is 9.55 Å². The van der Waals surface area contributed by atoms with E-state index in [0.717, 1.165) is 18.1 Å². The van der Waals surface area contributed by atoms with Crippen molar-refractivity contribution < 1.29 is 0 Å². The Morgan fingerprint density at radius 3 is 2.78 bits per heavy atom. The van der Waals surface area contributed by atoms with Gasteiger partial charge in [-0.1, -0.05) is 0 Å². The van der Waals surface area contributed by atoms with E-state index in [9.17, 15) is 0 Å². The first kappa shape index (κ1) is 13.1. The minimum absolute atomic E-state index is 0.402. The second-order valence-electron chi connectivity index (χ2n) is 5.10. The molecule has 4 heteroatoms. The van der Waals surface area contributed by atoms with E-state index in [1.165, 1.54) is 5.56 Å². The molecule has 98 valence electrons. The number of anilines is 1. The summed E-state index contributed by atoms with van der Waals surface area (Å²) in [4.78, 5) is 4.56. The zero-order valence-corrected chi connectivity index (χ0v) is 12.3. The number of imidazole rings is 1. The van der Waals surface area contributed by atoms with Gasteiger partial charge in [-0.15, -0.1) is 0 Å². The molecule has 0 aliphatic rings. The summed E-state index contributed by atoms with van der Waals surface area (Å²) in [5, 5.41) is 7.76. The molecule has 0 amide bonds. The van der Waals surface area contributed by atoms with E-state index < -0.39 is 0 Å². The summed E-state index contributed by atoms with van der Waals surface area (Å²) in [6.07, 6.45) is 3.17. The van der Waals surface area contributed by atoms with Crippen LogP contribution in [0.25, 0.3) is 0 Å². The van der Waals surface area contributed by atoms with Gasteiger partial charge in [0, 0.05) is 18.3 Å². The third-order valence-corrected chi connectivity index (χ3v) is 3.59. The molecule has 0 radical (unpaired) electrons. The number of hydrogen-bond acceptors (Lipinski definition) is 3. The van der Waals surface area contributed by atoms with Gasteiger partial charge in [0.2, 0.25) is 5.95 Å². The minimum atomic E-state index is 0.402. The largest absolute Gasteiger partial charge is 0.353 e. The van der Waals surface area contributed by atoms with Gasteiger partial charge in [0.1, 0.15) is 0 Å². The molecule has 0 spiro atoms. The van der Waals surface area contributed by atoms with Crippen molar-refractivity contribution in [3.63, 3.8) is 0 Å². The first-order chi connectivity index (χ1) is 8.56. The lowest BCUT2D eigenvalue weighted by Gasteiger charge is -2.18. The summed E-state index contributed by atoms with van der Waals surface area (Å²) in [6, 6.07) is 3.02. The molecular formula is C14H21N3S. The molecule has 0 bridgehead atoms. The van der Waals surface area contributed by atoms with Crippen LogP contribution in [0, 0.1) is 6.92 Å².